The molecule has 0 unspecified atom stereocenters. The molecule has 2 aromatic rings. The zero-order chi connectivity index (χ0) is 18.3. The summed E-state index contributed by atoms with van der Waals surface area (Å²) in [5.74, 6) is -0.321. The van der Waals surface area contributed by atoms with Crippen LogP contribution in [-0.2, 0) is 0 Å². The van der Waals surface area contributed by atoms with Crippen molar-refractivity contribution in [1.29, 1.82) is 0 Å². The van der Waals surface area contributed by atoms with Crippen LogP contribution in [0.4, 0.5) is 10.1 Å². The van der Waals surface area contributed by atoms with Gasteiger partial charge in [0, 0.05) is 18.0 Å². The Morgan fingerprint density at radius 3 is 2.62 bits per heavy atom. The van der Waals surface area contributed by atoms with E-state index in [1.807, 2.05) is 0 Å². The van der Waals surface area contributed by atoms with Gasteiger partial charge in [0.15, 0.2) is 11.5 Å². The third-order valence-corrected chi connectivity index (χ3v) is 4.49. The Morgan fingerprint density at radius 2 is 1.92 bits per heavy atom. The summed E-state index contributed by atoms with van der Waals surface area (Å²) in [6.07, 6.45) is 0.660. The number of nitro groups is 1. The van der Waals surface area contributed by atoms with Gasteiger partial charge in [-0.3, -0.25) is 14.9 Å². The summed E-state index contributed by atoms with van der Waals surface area (Å²) in [5, 5.41) is 14.1. The van der Waals surface area contributed by atoms with Gasteiger partial charge in [0.05, 0.1) is 11.0 Å². The molecule has 134 valence electrons. The van der Waals surface area contributed by atoms with Crippen molar-refractivity contribution in [3.8, 4) is 11.5 Å². The lowest BCUT2D eigenvalue weighted by atomic mass is 10.1. The van der Waals surface area contributed by atoms with Crippen molar-refractivity contribution in [2.75, 3.05) is 13.2 Å². The minimum Gasteiger partial charge on any atom is -0.486 e. The molecule has 1 heterocycles. The molecule has 1 fully saturated rings. The molecule has 26 heavy (non-hydrogen) atoms. The second-order valence-corrected chi connectivity index (χ2v) is 6.25. The Morgan fingerprint density at radius 1 is 1.19 bits per heavy atom. The average Bonchev–Trinajstić information content (AvgIpc) is 3.39. The number of fused-ring (bicyclic) bond motifs is 1. The number of amides is 1. The molecule has 1 amide bonds. The number of halogens is 1. The molecule has 0 bridgehead atoms. The number of nitrogens with one attached hydrogen (secondary N) is 1. The van der Waals surface area contributed by atoms with Crippen LogP contribution in [0, 0.1) is 15.9 Å². The van der Waals surface area contributed by atoms with Crippen molar-refractivity contribution in [2.45, 2.75) is 18.4 Å². The van der Waals surface area contributed by atoms with Crippen molar-refractivity contribution < 1.29 is 23.6 Å². The van der Waals surface area contributed by atoms with Crippen LogP contribution >= 0.6 is 0 Å². The van der Waals surface area contributed by atoms with Crippen molar-refractivity contribution in [3.63, 3.8) is 0 Å². The number of ether oxygens (including phenoxy) is 2. The van der Waals surface area contributed by atoms with Gasteiger partial charge >= 0.3 is 0 Å². The van der Waals surface area contributed by atoms with E-state index in [1.165, 1.54) is 24.3 Å². The molecule has 2 aromatic carbocycles. The predicted octanol–water partition coefficient (Wildman–Crippen LogP) is 2.79. The summed E-state index contributed by atoms with van der Waals surface area (Å²) < 4.78 is 24.1. The summed E-state index contributed by atoms with van der Waals surface area (Å²) in [6.45, 7) is 0.614. The predicted molar refractivity (Wildman–Crippen MR) is 89.1 cm³/mol. The minimum absolute atomic E-state index is 0.00548. The number of carbonyl (C=O) groups excluding carboxylic acids is 1. The number of hydrogen-bond donors (Lipinski definition) is 1. The fourth-order valence-corrected chi connectivity index (χ4v) is 3.12. The first-order valence-corrected chi connectivity index (χ1v) is 8.17. The second-order valence-electron chi connectivity index (χ2n) is 6.25. The third kappa shape index (κ3) is 3.05. The number of nitro benzene ring substituents is 1. The quantitative estimate of drug-likeness (QED) is 0.670. The number of carbonyl (C=O) groups is 1. The Hall–Kier alpha value is -3.16. The lowest BCUT2D eigenvalue weighted by Crippen LogP contribution is -2.27. The van der Waals surface area contributed by atoms with E-state index in [0.717, 1.165) is 5.56 Å². The molecule has 0 spiro atoms. The zero-order valence-electron chi connectivity index (χ0n) is 13.6. The first-order chi connectivity index (χ1) is 12.5. The van der Waals surface area contributed by atoms with E-state index in [9.17, 15) is 19.3 Å². The van der Waals surface area contributed by atoms with E-state index < -0.39 is 10.8 Å². The van der Waals surface area contributed by atoms with Crippen LogP contribution in [0.25, 0.3) is 0 Å². The smallest absolute Gasteiger partial charge is 0.286 e. The first kappa shape index (κ1) is 16.3. The molecule has 1 aliphatic carbocycles. The average molecular weight is 358 g/mol. The van der Waals surface area contributed by atoms with E-state index in [-0.39, 0.29) is 34.8 Å². The van der Waals surface area contributed by atoms with Crippen LogP contribution < -0.4 is 14.8 Å². The van der Waals surface area contributed by atoms with Crippen molar-refractivity contribution in [2.24, 2.45) is 0 Å². The van der Waals surface area contributed by atoms with Gasteiger partial charge in [-0.2, -0.15) is 0 Å². The van der Waals surface area contributed by atoms with Gasteiger partial charge < -0.3 is 14.8 Å². The molecule has 0 radical (unpaired) electrons. The summed E-state index contributed by atoms with van der Waals surface area (Å²) >= 11 is 0. The van der Waals surface area contributed by atoms with Crippen molar-refractivity contribution in [3.05, 3.63) is 63.5 Å². The van der Waals surface area contributed by atoms with Crippen LogP contribution in [0.5, 0.6) is 11.5 Å². The highest BCUT2D eigenvalue weighted by atomic mass is 19.1. The second kappa shape index (κ2) is 6.29. The highest BCUT2D eigenvalue weighted by molar-refractivity contribution is 5.99. The minimum atomic E-state index is -0.621. The zero-order valence-corrected chi connectivity index (χ0v) is 13.6. The maximum Gasteiger partial charge on any atom is 0.286 e. The summed E-state index contributed by atoms with van der Waals surface area (Å²) in [5.41, 5.74) is 0.380. The fraction of sp³-hybridized carbons (Fsp3) is 0.278. The van der Waals surface area contributed by atoms with Crippen molar-refractivity contribution >= 4 is 11.6 Å². The van der Waals surface area contributed by atoms with Gasteiger partial charge in [-0.1, -0.05) is 12.1 Å². The van der Waals surface area contributed by atoms with Gasteiger partial charge in [0.2, 0.25) is 0 Å². The topological polar surface area (TPSA) is 90.7 Å². The number of nitrogens with zero attached hydrogens (tertiary/aromatic N) is 1. The molecular weight excluding hydrogens is 343 g/mol. The van der Waals surface area contributed by atoms with Gasteiger partial charge in [-0.25, -0.2) is 4.39 Å². The SMILES string of the molecule is O=C(N[C@@H]1C[C@@H]1c1cccc(F)c1)c1cc2c(cc1[N+](=O)[O-])OCCO2. The monoisotopic (exact) mass is 358 g/mol. The Bertz CT molecular complexity index is 901. The van der Waals surface area contributed by atoms with Gasteiger partial charge in [0.25, 0.3) is 11.6 Å². The number of rotatable bonds is 4. The molecule has 1 aliphatic heterocycles. The Kier molecular flexibility index (Phi) is 3.95. The molecule has 4 rings (SSSR count). The molecule has 8 heteroatoms. The summed E-state index contributed by atoms with van der Waals surface area (Å²) in [7, 11) is 0. The molecule has 2 atom stereocenters. The van der Waals surface area contributed by atoms with Crippen LogP contribution in [0.15, 0.2) is 36.4 Å². The normalized spacial score (nSPS) is 20.3. The first-order valence-electron chi connectivity index (χ1n) is 8.17. The summed E-state index contributed by atoms with van der Waals surface area (Å²) in [4.78, 5) is 23.3. The molecular formula is C18H15FN2O5. The van der Waals surface area contributed by atoms with Crippen molar-refractivity contribution in [1.82, 2.24) is 5.32 Å². The van der Waals surface area contributed by atoms with E-state index in [1.54, 1.807) is 12.1 Å². The Balaban J connectivity index is 1.54. The van der Waals surface area contributed by atoms with E-state index in [2.05, 4.69) is 5.32 Å². The number of benzene rings is 2. The van der Waals surface area contributed by atoms with E-state index in [0.29, 0.717) is 25.4 Å². The molecule has 0 aromatic heterocycles. The number of hydrogen-bond acceptors (Lipinski definition) is 5. The molecule has 7 nitrogen and oxygen atoms in total. The maximum atomic E-state index is 13.3. The maximum absolute atomic E-state index is 13.3. The van der Waals surface area contributed by atoms with Crippen LogP contribution in [0.1, 0.15) is 28.3 Å². The highest BCUT2D eigenvalue weighted by Crippen LogP contribution is 2.42. The standard InChI is InChI=1S/C18H15FN2O5/c19-11-3-1-2-10(6-11)12-7-14(12)20-18(22)13-8-16-17(26-5-4-25-16)9-15(13)21(23)24/h1-3,6,8-9,12,14H,4-5,7H2,(H,20,22)/t12-,14-/m1/s1. The van der Waals surface area contributed by atoms with Gasteiger partial charge in [-0.05, 0) is 24.1 Å². The molecule has 0 saturated heterocycles. The van der Waals surface area contributed by atoms with Crippen LogP contribution in [0.2, 0.25) is 0 Å². The van der Waals surface area contributed by atoms with Gasteiger partial charge in [0.1, 0.15) is 24.6 Å². The molecule has 1 N–H and O–H groups in total. The largest absolute Gasteiger partial charge is 0.486 e. The molecule has 2 aliphatic rings. The lowest BCUT2D eigenvalue weighted by molar-refractivity contribution is -0.385. The third-order valence-electron chi connectivity index (χ3n) is 4.49. The van der Waals surface area contributed by atoms with Gasteiger partial charge in [-0.15, -0.1) is 0 Å². The van der Waals surface area contributed by atoms with E-state index >= 15 is 0 Å². The molecule has 1 saturated carbocycles. The Labute approximate surface area is 147 Å². The lowest BCUT2D eigenvalue weighted by Gasteiger charge is -2.18. The highest BCUT2D eigenvalue weighted by Gasteiger charge is 2.40. The van der Waals surface area contributed by atoms with E-state index in [4.69, 9.17) is 9.47 Å². The van der Waals surface area contributed by atoms with Crippen LogP contribution in [-0.4, -0.2) is 30.1 Å². The van der Waals surface area contributed by atoms with Crippen LogP contribution in [0.3, 0.4) is 0 Å². The summed E-state index contributed by atoms with van der Waals surface area (Å²) in [6, 6.07) is 8.57. The fourth-order valence-electron chi connectivity index (χ4n) is 3.12.